The summed E-state index contributed by atoms with van der Waals surface area (Å²) < 4.78 is 0. The molecule has 0 saturated carbocycles. The smallest absolute Gasteiger partial charge is 0.0431 e. The van der Waals surface area contributed by atoms with E-state index in [-0.39, 0.29) is 6.61 Å². The van der Waals surface area contributed by atoms with E-state index in [1.807, 2.05) is 12.1 Å². The van der Waals surface area contributed by atoms with Gasteiger partial charge in [-0.25, -0.2) is 0 Å². The molecule has 2 N–H and O–H groups in total. The average molecular weight is 256 g/mol. The molecule has 0 radical (unpaired) electrons. The van der Waals surface area contributed by atoms with E-state index in [1.165, 1.54) is 16.7 Å². The van der Waals surface area contributed by atoms with E-state index in [4.69, 9.17) is 16.7 Å². The molecule has 0 saturated heterocycles. The highest BCUT2D eigenvalue weighted by Gasteiger charge is 2.06. The minimum absolute atomic E-state index is 0.269. The Hall–Kier alpha value is -0.570. The van der Waals surface area contributed by atoms with Gasteiger partial charge in [-0.15, -0.1) is 0 Å². The second-order valence-corrected chi connectivity index (χ2v) is 5.10. The number of aliphatic hydroxyl groups is 1. The summed E-state index contributed by atoms with van der Waals surface area (Å²) in [5, 5.41) is 13.1. The molecule has 0 aliphatic rings. The van der Waals surface area contributed by atoms with Crippen LogP contribution >= 0.6 is 11.6 Å². The number of halogens is 1. The molecule has 1 atom stereocenters. The minimum Gasteiger partial charge on any atom is -0.396 e. The molecule has 2 nitrogen and oxygen atoms in total. The lowest BCUT2D eigenvalue weighted by atomic mass is 10.0. The summed E-state index contributed by atoms with van der Waals surface area (Å²) in [7, 11) is 0. The highest BCUT2D eigenvalue weighted by Crippen LogP contribution is 2.20. The lowest BCUT2D eigenvalue weighted by Gasteiger charge is -2.16. The second kappa shape index (κ2) is 7.00. The number of rotatable bonds is 6. The van der Waals surface area contributed by atoms with E-state index in [0.29, 0.717) is 6.04 Å². The van der Waals surface area contributed by atoms with Gasteiger partial charge in [0.25, 0.3) is 0 Å². The Morgan fingerprint density at radius 1 is 1.29 bits per heavy atom. The Bertz CT molecular complexity index is 342. The average Bonchev–Trinajstić information content (AvgIpc) is 2.24. The Morgan fingerprint density at radius 2 is 1.88 bits per heavy atom. The molecule has 0 heterocycles. The number of benzene rings is 1. The van der Waals surface area contributed by atoms with Gasteiger partial charge >= 0.3 is 0 Å². The van der Waals surface area contributed by atoms with Crippen molar-refractivity contribution < 1.29 is 5.11 Å². The van der Waals surface area contributed by atoms with Gasteiger partial charge < -0.3 is 10.4 Å². The molecular weight excluding hydrogens is 234 g/mol. The molecule has 0 spiro atoms. The zero-order chi connectivity index (χ0) is 12.8. The molecule has 0 aliphatic heterocycles. The highest BCUT2D eigenvalue weighted by atomic mass is 35.5. The summed E-state index contributed by atoms with van der Waals surface area (Å²) in [6.45, 7) is 7.46. The first-order chi connectivity index (χ1) is 8.04. The van der Waals surface area contributed by atoms with Crippen LogP contribution in [0.3, 0.4) is 0 Å². The molecule has 17 heavy (non-hydrogen) atoms. The molecule has 0 bridgehead atoms. The van der Waals surface area contributed by atoms with Crippen LogP contribution in [0.5, 0.6) is 0 Å². The molecule has 1 rings (SSSR count). The largest absolute Gasteiger partial charge is 0.396 e. The van der Waals surface area contributed by atoms with Crippen LogP contribution in [-0.2, 0) is 6.54 Å². The molecule has 3 heteroatoms. The zero-order valence-corrected chi connectivity index (χ0v) is 11.6. The van der Waals surface area contributed by atoms with Gasteiger partial charge in [-0.1, -0.05) is 11.6 Å². The van der Waals surface area contributed by atoms with Crippen LogP contribution in [0.25, 0.3) is 0 Å². The van der Waals surface area contributed by atoms with E-state index in [9.17, 15) is 0 Å². The molecule has 96 valence electrons. The maximum atomic E-state index is 8.78. The Balaban J connectivity index is 2.57. The van der Waals surface area contributed by atoms with Gasteiger partial charge in [0.05, 0.1) is 0 Å². The zero-order valence-electron chi connectivity index (χ0n) is 10.9. The Labute approximate surface area is 109 Å². The maximum absolute atomic E-state index is 8.78. The first-order valence-corrected chi connectivity index (χ1v) is 6.52. The molecule has 1 aromatic carbocycles. The minimum atomic E-state index is 0.269. The third-order valence-electron chi connectivity index (χ3n) is 3.08. The number of nitrogens with one attached hydrogen (secondary N) is 1. The fourth-order valence-electron chi connectivity index (χ4n) is 2.00. The molecule has 0 fully saturated rings. The van der Waals surface area contributed by atoms with Crippen LogP contribution in [-0.4, -0.2) is 17.8 Å². The first kappa shape index (κ1) is 14.5. The normalized spacial score (nSPS) is 12.8. The monoisotopic (exact) mass is 255 g/mol. The van der Waals surface area contributed by atoms with Gasteiger partial charge in [0, 0.05) is 24.2 Å². The summed E-state index contributed by atoms with van der Waals surface area (Å²) in [6.07, 6.45) is 1.86. The lowest BCUT2D eigenvalue weighted by molar-refractivity contribution is 0.276. The molecule has 0 amide bonds. The fraction of sp³-hybridized carbons (Fsp3) is 0.571. The van der Waals surface area contributed by atoms with Crippen molar-refractivity contribution in [3.63, 3.8) is 0 Å². The van der Waals surface area contributed by atoms with Gasteiger partial charge in [0.15, 0.2) is 0 Å². The molecular formula is C14H22ClNO. The summed E-state index contributed by atoms with van der Waals surface area (Å²) >= 11 is 6.01. The van der Waals surface area contributed by atoms with Gasteiger partial charge in [-0.2, -0.15) is 0 Å². The van der Waals surface area contributed by atoms with Crippen molar-refractivity contribution in [1.82, 2.24) is 5.32 Å². The van der Waals surface area contributed by atoms with Gasteiger partial charge in [0.1, 0.15) is 0 Å². The van der Waals surface area contributed by atoms with Crippen molar-refractivity contribution in [1.29, 1.82) is 0 Å². The van der Waals surface area contributed by atoms with Crippen molar-refractivity contribution in [2.45, 2.75) is 46.2 Å². The van der Waals surface area contributed by atoms with Crippen molar-refractivity contribution in [3.8, 4) is 0 Å². The molecule has 1 aromatic rings. The second-order valence-electron chi connectivity index (χ2n) is 4.67. The van der Waals surface area contributed by atoms with Crippen LogP contribution < -0.4 is 5.32 Å². The Kier molecular flexibility index (Phi) is 5.96. The first-order valence-electron chi connectivity index (χ1n) is 6.14. The third-order valence-corrected chi connectivity index (χ3v) is 3.30. The molecule has 0 aromatic heterocycles. The SMILES string of the molecule is Cc1cc(Cl)cc(C)c1CNC(C)CCCO. The molecule has 0 aliphatic carbocycles. The number of aryl methyl sites for hydroxylation is 2. The van der Waals surface area contributed by atoms with Gasteiger partial charge in [0.2, 0.25) is 0 Å². The number of hydrogen-bond acceptors (Lipinski definition) is 2. The topological polar surface area (TPSA) is 32.3 Å². The van der Waals surface area contributed by atoms with Crippen molar-refractivity contribution >= 4 is 11.6 Å². The van der Waals surface area contributed by atoms with Crippen LogP contribution in [0, 0.1) is 13.8 Å². The summed E-state index contributed by atoms with van der Waals surface area (Å²) in [5.74, 6) is 0. The third kappa shape index (κ3) is 4.66. The van der Waals surface area contributed by atoms with E-state index >= 15 is 0 Å². The van der Waals surface area contributed by atoms with Crippen LogP contribution in [0.1, 0.15) is 36.5 Å². The van der Waals surface area contributed by atoms with Gasteiger partial charge in [-0.3, -0.25) is 0 Å². The standard InChI is InChI=1S/C14H22ClNO/c1-10-7-13(15)8-11(2)14(10)9-16-12(3)5-4-6-17/h7-8,12,16-17H,4-6,9H2,1-3H3. The predicted octanol–water partition coefficient (Wildman–Crippen LogP) is 3.21. The van der Waals surface area contributed by atoms with E-state index in [2.05, 4.69) is 26.1 Å². The predicted molar refractivity (Wildman–Crippen MR) is 73.5 cm³/mol. The molecule has 1 unspecified atom stereocenters. The van der Waals surface area contributed by atoms with E-state index in [1.54, 1.807) is 0 Å². The summed E-state index contributed by atoms with van der Waals surface area (Å²) in [6, 6.07) is 4.44. The van der Waals surface area contributed by atoms with Gasteiger partial charge in [-0.05, 0) is 62.4 Å². The van der Waals surface area contributed by atoms with Crippen LogP contribution in [0.15, 0.2) is 12.1 Å². The number of hydrogen-bond donors (Lipinski definition) is 2. The quantitative estimate of drug-likeness (QED) is 0.818. The van der Waals surface area contributed by atoms with Crippen LogP contribution in [0.4, 0.5) is 0 Å². The van der Waals surface area contributed by atoms with Crippen molar-refractivity contribution in [2.75, 3.05) is 6.61 Å². The van der Waals surface area contributed by atoms with E-state index < -0.39 is 0 Å². The van der Waals surface area contributed by atoms with Crippen molar-refractivity contribution in [2.24, 2.45) is 0 Å². The van der Waals surface area contributed by atoms with Crippen LogP contribution in [0.2, 0.25) is 5.02 Å². The Morgan fingerprint density at radius 3 is 2.41 bits per heavy atom. The lowest BCUT2D eigenvalue weighted by Crippen LogP contribution is -2.26. The fourth-order valence-corrected chi connectivity index (χ4v) is 2.32. The maximum Gasteiger partial charge on any atom is 0.0431 e. The van der Waals surface area contributed by atoms with E-state index in [0.717, 1.165) is 24.4 Å². The highest BCUT2D eigenvalue weighted by molar-refractivity contribution is 6.30. The number of aliphatic hydroxyl groups excluding tert-OH is 1. The van der Waals surface area contributed by atoms with Crippen molar-refractivity contribution in [3.05, 3.63) is 33.8 Å². The summed E-state index contributed by atoms with van der Waals surface area (Å²) in [5.41, 5.74) is 3.79. The summed E-state index contributed by atoms with van der Waals surface area (Å²) in [4.78, 5) is 0.